The van der Waals surface area contributed by atoms with Gasteiger partial charge in [-0.2, -0.15) is 0 Å². The summed E-state index contributed by atoms with van der Waals surface area (Å²) in [7, 11) is 0. The van der Waals surface area contributed by atoms with Crippen LogP contribution in [0.3, 0.4) is 0 Å². The second kappa shape index (κ2) is 7.61. The number of anilines is 2. The number of benzene rings is 1. The summed E-state index contributed by atoms with van der Waals surface area (Å²) < 4.78 is 0. The van der Waals surface area contributed by atoms with Crippen molar-refractivity contribution in [2.45, 2.75) is 58.0 Å². The first-order chi connectivity index (χ1) is 13.3. The monoisotopic (exact) mass is 386 g/mol. The van der Waals surface area contributed by atoms with E-state index < -0.39 is 23.5 Å². The van der Waals surface area contributed by atoms with E-state index in [0.717, 1.165) is 17.7 Å². The Hall–Kier alpha value is -2.90. The summed E-state index contributed by atoms with van der Waals surface area (Å²) in [6, 6.07) is 6.06. The molecule has 2 N–H and O–H groups in total. The average molecular weight is 386 g/mol. The Morgan fingerprint density at radius 2 is 1.96 bits per heavy atom. The molecule has 1 aromatic carbocycles. The fourth-order valence-electron chi connectivity index (χ4n) is 3.77. The molecule has 0 radical (unpaired) electrons. The Kier molecular flexibility index (Phi) is 5.40. The number of carbonyl (C=O) groups excluding carboxylic acids is 4. The highest BCUT2D eigenvalue weighted by Gasteiger charge is 2.48. The predicted molar refractivity (Wildman–Crippen MR) is 105 cm³/mol. The van der Waals surface area contributed by atoms with Crippen LogP contribution in [0.15, 0.2) is 24.3 Å². The highest BCUT2D eigenvalue weighted by Crippen LogP contribution is 2.32. The molecule has 2 atom stereocenters. The smallest absolute Gasteiger partial charge is 0.324 e. The van der Waals surface area contributed by atoms with Crippen LogP contribution in [-0.2, 0) is 14.4 Å². The van der Waals surface area contributed by atoms with Crippen LogP contribution in [-0.4, -0.2) is 46.8 Å². The molecule has 2 aliphatic rings. The molecule has 1 saturated heterocycles. The Morgan fingerprint density at radius 3 is 2.68 bits per heavy atom. The van der Waals surface area contributed by atoms with E-state index in [1.165, 1.54) is 4.90 Å². The average Bonchev–Trinajstić information content (AvgIpc) is 2.77. The van der Waals surface area contributed by atoms with Crippen LogP contribution in [0.4, 0.5) is 16.2 Å². The molecule has 1 fully saturated rings. The van der Waals surface area contributed by atoms with E-state index in [0.29, 0.717) is 17.8 Å². The number of para-hydroxylation sites is 2. The molecule has 8 heteroatoms. The van der Waals surface area contributed by atoms with E-state index in [1.807, 2.05) is 6.92 Å². The van der Waals surface area contributed by atoms with E-state index >= 15 is 0 Å². The quantitative estimate of drug-likeness (QED) is 0.758. The van der Waals surface area contributed by atoms with Crippen molar-refractivity contribution in [1.29, 1.82) is 0 Å². The number of rotatable bonds is 5. The van der Waals surface area contributed by atoms with Gasteiger partial charge in [0.2, 0.25) is 11.8 Å². The molecule has 0 saturated carbocycles. The molecule has 3 rings (SSSR count). The molecule has 0 spiro atoms. The lowest BCUT2D eigenvalue weighted by atomic mass is 9.95. The molecule has 2 aliphatic heterocycles. The largest absolute Gasteiger partial charge is 0.325 e. The van der Waals surface area contributed by atoms with Crippen LogP contribution >= 0.6 is 0 Å². The number of urea groups is 1. The molecule has 2 heterocycles. The van der Waals surface area contributed by atoms with Crippen LogP contribution < -0.4 is 15.5 Å². The van der Waals surface area contributed by atoms with Gasteiger partial charge in [0.15, 0.2) is 0 Å². The summed E-state index contributed by atoms with van der Waals surface area (Å²) in [5, 5.41) is 5.52. The van der Waals surface area contributed by atoms with E-state index in [4.69, 9.17) is 0 Å². The van der Waals surface area contributed by atoms with Gasteiger partial charge < -0.3 is 15.5 Å². The van der Waals surface area contributed by atoms with E-state index in [2.05, 4.69) is 10.6 Å². The highest BCUT2D eigenvalue weighted by atomic mass is 16.2. The zero-order chi connectivity index (χ0) is 20.5. The van der Waals surface area contributed by atoms with E-state index in [9.17, 15) is 19.2 Å². The number of hydrogen-bond donors (Lipinski definition) is 2. The van der Waals surface area contributed by atoms with Gasteiger partial charge in [-0.25, -0.2) is 4.79 Å². The lowest BCUT2D eigenvalue weighted by Gasteiger charge is -2.29. The summed E-state index contributed by atoms with van der Waals surface area (Å²) >= 11 is 0. The summed E-state index contributed by atoms with van der Waals surface area (Å²) in [6.45, 7) is 5.12. The van der Waals surface area contributed by atoms with Gasteiger partial charge in [0, 0.05) is 12.5 Å². The van der Waals surface area contributed by atoms with Gasteiger partial charge in [0.25, 0.3) is 5.91 Å². The zero-order valence-electron chi connectivity index (χ0n) is 16.4. The van der Waals surface area contributed by atoms with E-state index in [-0.39, 0.29) is 24.8 Å². The maximum atomic E-state index is 13.1. The molecular weight excluding hydrogens is 360 g/mol. The van der Waals surface area contributed by atoms with Crippen molar-refractivity contribution in [1.82, 2.24) is 10.2 Å². The van der Waals surface area contributed by atoms with Crippen molar-refractivity contribution >= 4 is 35.1 Å². The van der Waals surface area contributed by atoms with Crippen LogP contribution in [0.1, 0.15) is 46.5 Å². The van der Waals surface area contributed by atoms with Gasteiger partial charge in [-0.05, 0) is 32.4 Å². The third kappa shape index (κ3) is 3.58. The fraction of sp³-hybridized carbons (Fsp3) is 0.500. The molecule has 0 aromatic heterocycles. The Balaban J connectivity index is 1.83. The number of nitrogens with zero attached hydrogens (tertiary/aromatic N) is 2. The van der Waals surface area contributed by atoms with Crippen LogP contribution in [0, 0.1) is 0 Å². The molecule has 1 aromatic rings. The van der Waals surface area contributed by atoms with Gasteiger partial charge in [-0.1, -0.05) is 31.9 Å². The van der Waals surface area contributed by atoms with Crippen molar-refractivity contribution in [2.24, 2.45) is 0 Å². The number of unbranched alkanes of at least 4 members (excludes halogenated alkanes) is 1. The van der Waals surface area contributed by atoms with Gasteiger partial charge in [-0.3, -0.25) is 19.3 Å². The van der Waals surface area contributed by atoms with Crippen molar-refractivity contribution in [3.05, 3.63) is 24.3 Å². The van der Waals surface area contributed by atoms with Crippen molar-refractivity contribution in [2.75, 3.05) is 16.8 Å². The minimum atomic E-state index is -0.979. The minimum Gasteiger partial charge on any atom is -0.324 e. The first-order valence-corrected chi connectivity index (χ1v) is 9.62. The molecule has 5 amide bonds. The van der Waals surface area contributed by atoms with Gasteiger partial charge in [0.05, 0.1) is 11.4 Å². The van der Waals surface area contributed by atoms with Crippen LogP contribution in [0.5, 0.6) is 0 Å². The molecule has 0 aliphatic carbocycles. The topological polar surface area (TPSA) is 98.8 Å². The van der Waals surface area contributed by atoms with Crippen LogP contribution in [0.25, 0.3) is 0 Å². The summed E-state index contributed by atoms with van der Waals surface area (Å²) in [5.41, 5.74) is 0.120. The number of nitrogens with one attached hydrogen (secondary N) is 2. The lowest BCUT2D eigenvalue weighted by Crippen LogP contribution is -2.48. The lowest BCUT2D eigenvalue weighted by molar-refractivity contribution is -0.134. The first-order valence-electron chi connectivity index (χ1n) is 9.62. The number of hydrogen-bond acceptors (Lipinski definition) is 4. The molecule has 0 unspecified atom stereocenters. The normalized spacial score (nSPS) is 24.5. The third-order valence-electron chi connectivity index (χ3n) is 5.30. The van der Waals surface area contributed by atoms with Gasteiger partial charge >= 0.3 is 6.03 Å². The van der Waals surface area contributed by atoms with Crippen molar-refractivity contribution in [3.8, 4) is 0 Å². The van der Waals surface area contributed by atoms with Gasteiger partial charge in [0.1, 0.15) is 12.1 Å². The fourth-order valence-corrected chi connectivity index (χ4v) is 3.77. The van der Waals surface area contributed by atoms with Crippen molar-refractivity contribution in [3.63, 3.8) is 0 Å². The van der Waals surface area contributed by atoms with Crippen molar-refractivity contribution < 1.29 is 19.2 Å². The molecular formula is C20H26N4O4. The first kappa shape index (κ1) is 19.9. The van der Waals surface area contributed by atoms with E-state index in [1.54, 1.807) is 38.1 Å². The number of imide groups is 1. The molecule has 150 valence electrons. The SMILES string of the molecule is CCCC[C@]1(C)NC(=O)N(CC(=O)N2c3ccccc3NC(=O)C[C@H]2C)C1=O. The zero-order valence-corrected chi connectivity index (χ0v) is 16.4. The second-order valence-corrected chi connectivity index (χ2v) is 7.64. The molecule has 0 bridgehead atoms. The molecule has 8 nitrogen and oxygen atoms in total. The van der Waals surface area contributed by atoms with Crippen LogP contribution in [0.2, 0.25) is 0 Å². The predicted octanol–water partition coefficient (Wildman–Crippen LogP) is 2.25. The number of carbonyl (C=O) groups is 4. The standard InChI is InChI=1S/C20H26N4O4/c1-4-5-10-20(3)18(27)23(19(28)22-20)12-17(26)24-13(2)11-16(25)21-14-8-6-7-9-15(14)24/h6-9,13H,4-5,10-12H2,1-3H3,(H,21,25)(H,22,28)/t13-,20+/m1/s1. The summed E-state index contributed by atoms with van der Waals surface area (Å²) in [5.74, 6) is -0.971. The second-order valence-electron chi connectivity index (χ2n) is 7.64. The Labute approximate surface area is 164 Å². The maximum Gasteiger partial charge on any atom is 0.325 e. The highest BCUT2D eigenvalue weighted by molar-refractivity contribution is 6.11. The number of amides is 5. The Bertz CT molecular complexity index is 824. The summed E-state index contributed by atoms with van der Waals surface area (Å²) in [6.07, 6.45) is 2.37. The maximum absolute atomic E-state index is 13.1. The van der Waals surface area contributed by atoms with Gasteiger partial charge in [-0.15, -0.1) is 0 Å². The Morgan fingerprint density at radius 1 is 1.25 bits per heavy atom. The third-order valence-corrected chi connectivity index (χ3v) is 5.30. The minimum absolute atomic E-state index is 0.134. The summed E-state index contributed by atoms with van der Waals surface area (Å²) in [4.78, 5) is 52.9. The molecule has 28 heavy (non-hydrogen) atoms. The number of fused-ring (bicyclic) bond motifs is 1.